The number of aromatic nitrogens is 2. The number of aryl methyl sites for hydroxylation is 2. The Labute approximate surface area is 153 Å². The van der Waals surface area contributed by atoms with Crippen LogP contribution < -0.4 is 9.54 Å². The van der Waals surface area contributed by atoms with E-state index in [1.54, 1.807) is 0 Å². The Morgan fingerprint density at radius 1 is 1.40 bits per heavy atom. The van der Waals surface area contributed by atoms with Crippen molar-refractivity contribution in [2.24, 2.45) is 4.99 Å². The van der Waals surface area contributed by atoms with E-state index < -0.39 is 0 Å². The van der Waals surface area contributed by atoms with Gasteiger partial charge in [-0.05, 0) is 39.0 Å². The van der Waals surface area contributed by atoms with E-state index >= 15 is 0 Å². The van der Waals surface area contributed by atoms with Crippen LogP contribution >= 0.6 is 22.7 Å². The molecule has 2 heterocycles. The molecule has 0 bridgehead atoms. The third-order valence-corrected chi connectivity index (χ3v) is 5.61. The van der Waals surface area contributed by atoms with Gasteiger partial charge in [0.25, 0.3) is 5.91 Å². The molecular weight excluding hydrogens is 354 g/mol. The molecule has 0 spiro atoms. The smallest absolute Gasteiger partial charge is 0.291 e. The zero-order chi connectivity index (χ0) is 18.0. The maximum atomic E-state index is 12.6. The fourth-order valence-corrected chi connectivity index (χ4v) is 4.37. The van der Waals surface area contributed by atoms with Crippen LogP contribution in [-0.4, -0.2) is 22.1 Å². The lowest BCUT2D eigenvalue weighted by Crippen LogP contribution is -2.16. The average Bonchev–Trinajstić information content (AvgIpc) is 3.08. The highest BCUT2D eigenvalue weighted by Gasteiger charge is 2.14. The van der Waals surface area contributed by atoms with E-state index in [0.29, 0.717) is 28.5 Å². The minimum absolute atomic E-state index is 0.287. The minimum atomic E-state index is -0.287. The van der Waals surface area contributed by atoms with Crippen LogP contribution in [0.5, 0.6) is 5.75 Å². The number of ether oxygens (including phenoxy) is 1. The summed E-state index contributed by atoms with van der Waals surface area (Å²) < 4.78 is 8.39. The van der Waals surface area contributed by atoms with Crippen LogP contribution in [-0.2, 0) is 6.54 Å². The van der Waals surface area contributed by atoms with Gasteiger partial charge in [0, 0.05) is 0 Å². The summed E-state index contributed by atoms with van der Waals surface area (Å²) >= 11 is 2.78. The van der Waals surface area contributed by atoms with Gasteiger partial charge >= 0.3 is 0 Å². The SMILES string of the molecule is C#CCn1c(=NC(=O)c2sc(C)nc2C)sc2cc(OCC)ccc21. The molecule has 0 aliphatic heterocycles. The second-order valence-electron chi connectivity index (χ2n) is 5.30. The molecule has 3 rings (SSSR count). The van der Waals surface area contributed by atoms with Crippen molar-refractivity contribution in [2.45, 2.75) is 27.3 Å². The molecule has 5 nitrogen and oxygen atoms in total. The van der Waals surface area contributed by atoms with Crippen molar-refractivity contribution in [2.75, 3.05) is 6.61 Å². The molecule has 0 fully saturated rings. The number of rotatable bonds is 4. The average molecular weight is 371 g/mol. The summed E-state index contributed by atoms with van der Waals surface area (Å²) in [6, 6.07) is 5.79. The predicted octanol–water partition coefficient (Wildman–Crippen LogP) is 3.55. The van der Waals surface area contributed by atoms with Crippen molar-refractivity contribution >= 4 is 38.8 Å². The molecule has 2 aromatic heterocycles. The molecule has 0 aliphatic rings. The molecule has 0 N–H and O–H groups in total. The van der Waals surface area contributed by atoms with Crippen molar-refractivity contribution in [1.82, 2.24) is 9.55 Å². The second-order valence-corrected chi connectivity index (χ2v) is 7.51. The van der Waals surface area contributed by atoms with Gasteiger partial charge in [-0.2, -0.15) is 4.99 Å². The van der Waals surface area contributed by atoms with Gasteiger partial charge in [0.2, 0.25) is 0 Å². The van der Waals surface area contributed by atoms with Crippen molar-refractivity contribution in [3.63, 3.8) is 0 Å². The van der Waals surface area contributed by atoms with E-state index in [9.17, 15) is 4.79 Å². The lowest BCUT2D eigenvalue weighted by molar-refractivity contribution is 0.100. The van der Waals surface area contributed by atoms with Gasteiger partial charge in [-0.15, -0.1) is 17.8 Å². The maximum Gasteiger partial charge on any atom is 0.291 e. The number of terminal acetylenes is 1. The van der Waals surface area contributed by atoms with E-state index in [1.807, 2.05) is 43.5 Å². The first-order chi connectivity index (χ1) is 12.0. The standard InChI is InChI=1S/C18H17N3O2S2/c1-5-9-21-14-8-7-13(23-6-2)10-15(14)25-18(21)20-17(22)16-11(3)19-12(4)24-16/h1,7-8,10H,6,9H2,2-4H3. The van der Waals surface area contributed by atoms with Crippen LogP contribution in [0, 0.1) is 26.2 Å². The van der Waals surface area contributed by atoms with E-state index in [-0.39, 0.29) is 5.91 Å². The van der Waals surface area contributed by atoms with E-state index in [1.165, 1.54) is 22.7 Å². The predicted molar refractivity (Wildman–Crippen MR) is 101 cm³/mol. The largest absolute Gasteiger partial charge is 0.494 e. The summed E-state index contributed by atoms with van der Waals surface area (Å²) in [5.41, 5.74) is 1.65. The van der Waals surface area contributed by atoms with Crippen molar-refractivity contribution < 1.29 is 9.53 Å². The Bertz CT molecular complexity index is 1050. The highest BCUT2D eigenvalue weighted by atomic mass is 32.1. The maximum absolute atomic E-state index is 12.6. The first kappa shape index (κ1) is 17.4. The molecule has 0 saturated carbocycles. The molecule has 0 unspecified atom stereocenters. The van der Waals surface area contributed by atoms with E-state index in [2.05, 4.69) is 15.9 Å². The molecule has 128 valence electrons. The first-order valence-electron chi connectivity index (χ1n) is 7.76. The fourth-order valence-electron chi connectivity index (χ4n) is 2.51. The first-order valence-corrected chi connectivity index (χ1v) is 9.39. The number of thiazole rings is 2. The van der Waals surface area contributed by atoms with Crippen LogP contribution in [0.15, 0.2) is 23.2 Å². The lowest BCUT2D eigenvalue weighted by atomic mass is 10.3. The highest BCUT2D eigenvalue weighted by Crippen LogP contribution is 2.24. The summed E-state index contributed by atoms with van der Waals surface area (Å²) in [4.78, 5) is 22.3. The van der Waals surface area contributed by atoms with Crippen LogP contribution in [0.25, 0.3) is 10.2 Å². The summed E-state index contributed by atoms with van der Waals surface area (Å²) in [6.07, 6.45) is 5.50. The normalized spacial score (nSPS) is 11.7. The number of benzene rings is 1. The van der Waals surface area contributed by atoms with Crippen LogP contribution in [0.4, 0.5) is 0 Å². The summed E-state index contributed by atoms with van der Waals surface area (Å²) in [6.45, 7) is 6.58. The molecule has 0 saturated heterocycles. The molecule has 0 aliphatic carbocycles. The Kier molecular flexibility index (Phi) is 5.02. The molecule has 25 heavy (non-hydrogen) atoms. The number of hydrogen-bond acceptors (Lipinski definition) is 5. The van der Waals surface area contributed by atoms with Gasteiger partial charge in [-0.25, -0.2) is 4.98 Å². The Morgan fingerprint density at radius 2 is 2.20 bits per heavy atom. The topological polar surface area (TPSA) is 56.5 Å². The van der Waals surface area contributed by atoms with Gasteiger partial charge in [0.15, 0.2) is 4.80 Å². The molecule has 0 radical (unpaired) electrons. The van der Waals surface area contributed by atoms with Gasteiger partial charge in [-0.3, -0.25) is 4.79 Å². The van der Waals surface area contributed by atoms with Crippen LogP contribution in [0.3, 0.4) is 0 Å². The summed E-state index contributed by atoms with van der Waals surface area (Å²) in [7, 11) is 0. The molecule has 3 aromatic rings. The zero-order valence-corrected chi connectivity index (χ0v) is 15.8. The Morgan fingerprint density at radius 3 is 2.84 bits per heavy atom. The van der Waals surface area contributed by atoms with Gasteiger partial charge in [0.1, 0.15) is 10.6 Å². The van der Waals surface area contributed by atoms with Crippen molar-refractivity contribution in [3.8, 4) is 18.1 Å². The van der Waals surface area contributed by atoms with E-state index in [0.717, 1.165) is 21.0 Å². The highest BCUT2D eigenvalue weighted by molar-refractivity contribution is 7.16. The molecular formula is C18H17N3O2S2. The Balaban J connectivity index is 2.13. The van der Waals surface area contributed by atoms with Gasteiger partial charge in [0.05, 0.1) is 34.1 Å². The summed E-state index contributed by atoms with van der Waals surface area (Å²) in [5.74, 6) is 3.13. The third-order valence-electron chi connectivity index (χ3n) is 3.51. The van der Waals surface area contributed by atoms with Gasteiger partial charge < -0.3 is 9.30 Å². The van der Waals surface area contributed by atoms with Crippen LogP contribution in [0.1, 0.15) is 27.3 Å². The molecule has 1 amide bonds. The monoisotopic (exact) mass is 371 g/mol. The van der Waals surface area contributed by atoms with Crippen molar-refractivity contribution in [3.05, 3.63) is 38.6 Å². The quantitative estimate of drug-likeness (QED) is 0.659. The fraction of sp³-hybridized carbons (Fsp3) is 0.278. The van der Waals surface area contributed by atoms with Crippen LogP contribution in [0.2, 0.25) is 0 Å². The molecule has 0 atom stereocenters. The number of fused-ring (bicyclic) bond motifs is 1. The van der Waals surface area contributed by atoms with Crippen molar-refractivity contribution in [1.29, 1.82) is 0 Å². The Hall–Kier alpha value is -2.43. The minimum Gasteiger partial charge on any atom is -0.494 e. The number of nitrogens with zero attached hydrogens (tertiary/aromatic N) is 3. The number of hydrogen-bond donors (Lipinski definition) is 0. The van der Waals surface area contributed by atoms with E-state index in [4.69, 9.17) is 11.2 Å². The number of amides is 1. The zero-order valence-electron chi connectivity index (χ0n) is 14.2. The lowest BCUT2D eigenvalue weighted by Gasteiger charge is -2.03. The summed E-state index contributed by atoms with van der Waals surface area (Å²) in [5, 5.41) is 0.852. The molecule has 1 aromatic carbocycles. The number of carbonyl (C=O) groups excluding carboxylic acids is 1. The molecule has 7 heteroatoms. The number of carbonyl (C=O) groups is 1. The third kappa shape index (κ3) is 3.50. The van der Waals surface area contributed by atoms with Gasteiger partial charge in [-0.1, -0.05) is 17.3 Å². The second kappa shape index (κ2) is 7.21.